The van der Waals surface area contributed by atoms with E-state index < -0.39 is 35.5 Å². The molecule has 0 radical (unpaired) electrons. The maximum Gasteiger partial charge on any atom is 0.338 e. The number of carbonyl (C=O) groups excluding carboxylic acids is 4. The van der Waals surface area contributed by atoms with Crippen LogP contribution < -0.4 is 9.64 Å². The Bertz CT molecular complexity index is 1280. The summed E-state index contributed by atoms with van der Waals surface area (Å²) in [7, 11) is 0. The van der Waals surface area contributed by atoms with Gasteiger partial charge in [0.15, 0.2) is 6.61 Å². The average molecular weight is 505 g/mol. The van der Waals surface area contributed by atoms with Crippen LogP contribution in [0.15, 0.2) is 78.9 Å². The van der Waals surface area contributed by atoms with Crippen LogP contribution in [0.3, 0.4) is 0 Å². The highest BCUT2D eigenvalue weighted by Gasteiger charge is 2.44. The van der Waals surface area contributed by atoms with Gasteiger partial charge in [0.25, 0.3) is 11.8 Å². The Morgan fingerprint density at radius 2 is 1.65 bits per heavy atom. The van der Waals surface area contributed by atoms with Crippen molar-refractivity contribution in [3.05, 3.63) is 95.8 Å². The number of carbonyl (C=O) groups is 4. The molecule has 1 unspecified atom stereocenters. The first-order chi connectivity index (χ1) is 17.9. The van der Waals surface area contributed by atoms with Gasteiger partial charge >= 0.3 is 5.97 Å². The van der Waals surface area contributed by atoms with Crippen LogP contribution >= 0.6 is 0 Å². The molecule has 1 fully saturated rings. The van der Waals surface area contributed by atoms with Crippen molar-refractivity contribution in [3.8, 4) is 5.75 Å². The summed E-state index contributed by atoms with van der Waals surface area (Å²) in [5, 5.41) is 0. The van der Waals surface area contributed by atoms with Crippen molar-refractivity contribution >= 4 is 29.4 Å². The molecule has 0 spiro atoms. The molecular weight excluding hydrogens is 479 g/mol. The fraction of sp³-hybridized carbons (Fsp3) is 0.214. The standard InChI is InChI=1S/C28H25FN2O6/c1-2-36-28(35)20-10-14-22(15-11-20)31-25(32)16-24(27(31)34)30(17-19-8-12-21(29)13-9-19)26(33)18-37-23-6-4-3-5-7-23/h3-15,24H,2,16-18H2,1H3. The molecule has 3 amide bonds. The minimum Gasteiger partial charge on any atom is -0.484 e. The minimum absolute atomic E-state index is 0.0173. The topological polar surface area (TPSA) is 93.2 Å². The number of nitrogens with zero attached hydrogens (tertiary/aromatic N) is 2. The zero-order chi connectivity index (χ0) is 26.4. The number of benzene rings is 3. The molecule has 8 nitrogen and oxygen atoms in total. The predicted molar refractivity (Wildman–Crippen MR) is 132 cm³/mol. The second-order valence-electron chi connectivity index (χ2n) is 8.30. The molecule has 0 aliphatic carbocycles. The van der Waals surface area contributed by atoms with E-state index in [1.807, 2.05) is 6.07 Å². The molecule has 4 rings (SSSR count). The Morgan fingerprint density at radius 1 is 0.973 bits per heavy atom. The van der Waals surface area contributed by atoms with Crippen molar-refractivity contribution in [3.63, 3.8) is 0 Å². The number of imide groups is 1. The van der Waals surface area contributed by atoms with E-state index in [-0.39, 0.29) is 37.4 Å². The first kappa shape index (κ1) is 25.6. The van der Waals surface area contributed by atoms with Crippen LogP contribution in [0.5, 0.6) is 5.75 Å². The molecule has 1 heterocycles. The molecule has 1 aliphatic heterocycles. The van der Waals surface area contributed by atoms with E-state index in [1.54, 1.807) is 31.2 Å². The Balaban J connectivity index is 1.56. The summed E-state index contributed by atoms with van der Waals surface area (Å²) >= 11 is 0. The molecule has 0 saturated carbocycles. The van der Waals surface area contributed by atoms with Gasteiger partial charge in [0.2, 0.25) is 5.91 Å². The largest absolute Gasteiger partial charge is 0.484 e. The lowest BCUT2D eigenvalue weighted by Gasteiger charge is -2.28. The number of esters is 1. The number of amides is 3. The highest BCUT2D eigenvalue weighted by atomic mass is 19.1. The van der Waals surface area contributed by atoms with Gasteiger partial charge in [-0.2, -0.15) is 0 Å². The molecule has 37 heavy (non-hydrogen) atoms. The minimum atomic E-state index is -1.07. The highest BCUT2D eigenvalue weighted by Crippen LogP contribution is 2.27. The molecule has 3 aromatic rings. The smallest absolute Gasteiger partial charge is 0.338 e. The van der Waals surface area contributed by atoms with E-state index in [4.69, 9.17) is 9.47 Å². The molecule has 190 valence electrons. The van der Waals surface area contributed by atoms with Crippen molar-refractivity contribution < 1.29 is 33.0 Å². The molecule has 0 N–H and O–H groups in total. The number of ether oxygens (including phenoxy) is 2. The summed E-state index contributed by atoms with van der Waals surface area (Å²) in [4.78, 5) is 53.8. The van der Waals surface area contributed by atoms with E-state index in [0.29, 0.717) is 11.3 Å². The lowest BCUT2D eigenvalue weighted by Crippen LogP contribution is -2.46. The number of halogens is 1. The van der Waals surface area contributed by atoms with E-state index in [1.165, 1.54) is 53.4 Å². The maximum absolute atomic E-state index is 13.4. The summed E-state index contributed by atoms with van der Waals surface area (Å²) < 4.78 is 24.0. The van der Waals surface area contributed by atoms with Gasteiger partial charge in [-0.1, -0.05) is 30.3 Å². The van der Waals surface area contributed by atoms with E-state index in [9.17, 15) is 23.6 Å². The molecule has 1 aliphatic rings. The van der Waals surface area contributed by atoms with Gasteiger partial charge in [0.1, 0.15) is 17.6 Å². The zero-order valence-electron chi connectivity index (χ0n) is 20.1. The highest BCUT2D eigenvalue weighted by molar-refractivity contribution is 6.23. The number of anilines is 1. The monoisotopic (exact) mass is 504 g/mol. The maximum atomic E-state index is 13.4. The number of hydrogen-bond donors (Lipinski definition) is 0. The Kier molecular flexibility index (Phi) is 7.92. The first-order valence-corrected chi connectivity index (χ1v) is 11.7. The van der Waals surface area contributed by atoms with Gasteiger partial charge in [-0.15, -0.1) is 0 Å². The predicted octanol–water partition coefficient (Wildman–Crippen LogP) is 3.74. The average Bonchev–Trinajstić information content (AvgIpc) is 3.21. The fourth-order valence-corrected chi connectivity index (χ4v) is 4.00. The Hall–Kier alpha value is -4.53. The van der Waals surface area contributed by atoms with Crippen LogP contribution in [-0.2, 0) is 25.7 Å². The fourth-order valence-electron chi connectivity index (χ4n) is 4.00. The second kappa shape index (κ2) is 11.5. The van der Waals surface area contributed by atoms with E-state index >= 15 is 0 Å². The summed E-state index contributed by atoms with van der Waals surface area (Å²) in [5.74, 6) is -2.03. The summed E-state index contributed by atoms with van der Waals surface area (Å²) in [6, 6.07) is 19.1. The molecule has 0 aromatic heterocycles. The van der Waals surface area contributed by atoms with Crippen LogP contribution in [0.25, 0.3) is 0 Å². The summed E-state index contributed by atoms with van der Waals surface area (Å²) in [6.45, 7) is 1.54. The van der Waals surface area contributed by atoms with Crippen LogP contribution in [-0.4, -0.2) is 47.8 Å². The van der Waals surface area contributed by atoms with Crippen LogP contribution in [0.1, 0.15) is 29.3 Å². The number of para-hydroxylation sites is 1. The second-order valence-corrected chi connectivity index (χ2v) is 8.30. The SMILES string of the molecule is CCOC(=O)c1ccc(N2C(=O)CC(N(Cc3ccc(F)cc3)C(=O)COc3ccccc3)C2=O)cc1. The summed E-state index contributed by atoms with van der Waals surface area (Å²) in [5.41, 5.74) is 1.15. The van der Waals surface area contributed by atoms with E-state index in [0.717, 1.165) is 4.90 Å². The lowest BCUT2D eigenvalue weighted by molar-refractivity contribution is -0.140. The van der Waals surface area contributed by atoms with Gasteiger partial charge in [-0.05, 0) is 61.0 Å². The van der Waals surface area contributed by atoms with Crippen molar-refractivity contribution in [2.24, 2.45) is 0 Å². The number of rotatable bonds is 9. The van der Waals surface area contributed by atoms with Crippen molar-refractivity contribution in [2.75, 3.05) is 18.1 Å². The molecular formula is C28H25FN2O6. The van der Waals surface area contributed by atoms with Gasteiger partial charge in [0.05, 0.1) is 24.3 Å². The van der Waals surface area contributed by atoms with Crippen LogP contribution in [0.2, 0.25) is 0 Å². The molecule has 0 bridgehead atoms. The molecule has 3 aromatic carbocycles. The van der Waals surface area contributed by atoms with Gasteiger partial charge in [-0.25, -0.2) is 14.1 Å². The van der Waals surface area contributed by atoms with Crippen LogP contribution in [0, 0.1) is 5.82 Å². The third-order valence-electron chi connectivity index (χ3n) is 5.83. The zero-order valence-corrected chi connectivity index (χ0v) is 20.1. The normalized spacial score (nSPS) is 15.0. The number of hydrogen-bond acceptors (Lipinski definition) is 6. The molecule has 1 saturated heterocycles. The Labute approximate surface area is 213 Å². The van der Waals surface area contributed by atoms with Crippen molar-refractivity contribution in [1.82, 2.24) is 4.90 Å². The van der Waals surface area contributed by atoms with Crippen molar-refractivity contribution in [2.45, 2.75) is 25.9 Å². The molecule has 9 heteroatoms. The quantitative estimate of drug-likeness (QED) is 0.326. The third-order valence-corrected chi connectivity index (χ3v) is 5.83. The van der Waals surface area contributed by atoms with Crippen LogP contribution in [0.4, 0.5) is 10.1 Å². The van der Waals surface area contributed by atoms with Gasteiger partial charge < -0.3 is 14.4 Å². The van der Waals surface area contributed by atoms with Gasteiger partial charge in [0, 0.05) is 6.54 Å². The lowest BCUT2D eigenvalue weighted by atomic mass is 10.1. The van der Waals surface area contributed by atoms with Gasteiger partial charge in [-0.3, -0.25) is 14.4 Å². The van der Waals surface area contributed by atoms with Crippen molar-refractivity contribution in [1.29, 1.82) is 0 Å². The molecule has 1 atom stereocenters. The Morgan fingerprint density at radius 3 is 2.30 bits per heavy atom. The first-order valence-electron chi connectivity index (χ1n) is 11.7. The van der Waals surface area contributed by atoms with E-state index in [2.05, 4.69) is 0 Å². The third kappa shape index (κ3) is 6.00. The summed E-state index contributed by atoms with van der Waals surface area (Å²) in [6.07, 6.45) is -0.225.